The van der Waals surface area contributed by atoms with Crippen molar-refractivity contribution in [2.75, 3.05) is 20.1 Å². The first-order chi connectivity index (χ1) is 10.6. The molecule has 118 valence electrons. The molecule has 1 aliphatic rings. The van der Waals surface area contributed by atoms with E-state index in [0.717, 1.165) is 37.4 Å². The van der Waals surface area contributed by atoms with Crippen molar-refractivity contribution in [2.24, 2.45) is 7.05 Å². The van der Waals surface area contributed by atoms with Crippen LogP contribution in [0.1, 0.15) is 39.6 Å². The summed E-state index contributed by atoms with van der Waals surface area (Å²) in [6.45, 7) is 4.90. The van der Waals surface area contributed by atoms with Gasteiger partial charge in [-0.1, -0.05) is 0 Å². The first-order valence-corrected chi connectivity index (χ1v) is 7.55. The highest BCUT2D eigenvalue weighted by atomic mass is 16.1. The molecule has 3 heterocycles. The number of nitrogens with zero attached hydrogens (tertiary/aromatic N) is 4. The molecule has 2 aromatic rings. The normalized spacial score (nSPS) is 18.8. The Kier molecular flexibility index (Phi) is 3.98. The Balaban J connectivity index is 1.69. The van der Waals surface area contributed by atoms with Crippen molar-refractivity contribution in [3.8, 4) is 0 Å². The van der Waals surface area contributed by atoms with Gasteiger partial charge in [0.2, 0.25) is 0 Å². The molecule has 0 unspecified atom stereocenters. The maximum Gasteiger partial charge on any atom is 0.254 e. The van der Waals surface area contributed by atoms with Crippen LogP contribution in [0.25, 0.3) is 0 Å². The summed E-state index contributed by atoms with van der Waals surface area (Å²) in [7, 11) is 3.59. The molecular weight excluding hydrogens is 280 g/mol. The van der Waals surface area contributed by atoms with Crippen molar-refractivity contribution in [3.63, 3.8) is 0 Å². The molecule has 2 N–H and O–H groups in total. The molecule has 0 radical (unpaired) electrons. The SMILES string of the molecule is CNC(=O)c1cn[nH]c1[C@H]1CCN(Cc2cn(C)nc2C)C1. The largest absolute Gasteiger partial charge is 0.355 e. The van der Waals surface area contributed by atoms with Crippen molar-refractivity contribution >= 4 is 5.91 Å². The number of rotatable bonds is 4. The van der Waals surface area contributed by atoms with Gasteiger partial charge in [0.15, 0.2) is 0 Å². The van der Waals surface area contributed by atoms with Crippen LogP contribution in [-0.2, 0) is 13.6 Å². The Bertz CT molecular complexity index is 673. The van der Waals surface area contributed by atoms with Crippen LogP contribution >= 0.6 is 0 Å². The van der Waals surface area contributed by atoms with E-state index in [2.05, 4.69) is 31.7 Å². The average Bonchev–Trinajstić information content (AvgIpc) is 3.19. The maximum atomic E-state index is 11.9. The summed E-state index contributed by atoms with van der Waals surface area (Å²) < 4.78 is 1.86. The fraction of sp³-hybridized carbons (Fsp3) is 0.533. The van der Waals surface area contributed by atoms with E-state index in [1.807, 2.05) is 18.7 Å². The van der Waals surface area contributed by atoms with Gasteiger partial charge in [-0.2, -0.15) is 10.2 Å². The van der Waals surface area contributed by atoms with Crippen LogP contribution in [0.4, 0.5) is 0 Å². The molecule has 7 heteroatoms. The first-order valence-electron chi connectivity index (χ1n) is 7.55. The summed E-state index contributed by atoms with van der Waals surface area (Å²) in [5, 5.41) is 14.1. The summed E-state index contributed by atoms with van der Waals surface area (Å²) in [6.07, 6.45) is 4.72. The molecule has 2 aromatic heterocycles. The Hall–Kier alpha value is -2.15. The molecule has 0 bridgehead atoms. The van der Waals surface area contributed by atoms with Gasteiger partial charge >= 0.3 is 0 Å². The highest BCUT2D eigenvalue weighted by molar-refractivity contribution is 5.95. The van der Waals surface area contributed by atoms with Gasteiger partial charge in [0.25, 0.3) is 5.91 Å². The van der Waals surface area contributed by atoms with Gasteiger partial charge in [0, 0.05) is 44.9 Å². The van der Waals surface area contributed by atoms with E-state index in [4.69, 9.17) is 0 Å². The molecule has 0 spiro atoms. The Labute approximate surface area is 129 Å². The number of aryl methyl sites for hydroxylation is 2. The topological polar surface area (TPSA) is 78.8 Å². The molecule has 0 saturated carbocycles. The van der Waals surface area contributed by atoms with Crippen molar-refractivity contribution < 1.29 is 4.79 Å². The van der Waals surface area contributed by atoms with Crippen LogP contribution in [0.3, 0.4) is 0 Å². The van der Waals surface area contributed by atoms with E-state index >= 15 is 0 Å². The van der Waals surface area contributed by atoms with Gasteiger partial charge in [0.05, 0.1) is 23.1 Å². The van der Waals surface area contributed by atoms with Gasteiger partial charge in [-0.3, -0.25) is 19.5 Å². The van der Waals surface area contributed by atoms with Crippen molar-refractivity contribution in [2.45, 2.75) is 25.8 Å². The molecule has 1 aliphatic heterocycles. The number of H-pyrrole nitrogens is 1. The second-order valence-electron chi connectivity index (χ2n) is 5.91. The van der Waals surface area contributed by atoms with E-state index < -0.39 is 0 Å². The third-order valence-electron chi connectivity index (χ3n) is 4.33. The Morgan fingerprint density at radius 1 is 1.55 bits per heavy atom. The minimum absolute atomic E-state index is 0.0784. The molecule has 7 nitrogen and oxygen atoms in total. The van der Waals surface area contributed by atoms with Crippen LogP contribution < -0.4 is 5.32 Å². The third-order valence-corrected chi connectivity index (χ3v) is 4.33. The zero-order valence-electron chi connectivity index (χ0n) is 13.3. The number of hydrogen-bond acceptors (Lipinski definition) is 4. The predicted octanol–water partition coefficient (Wildman–Crippen LogP) is 0.801. The molecule has 0 aliphatic carbocycles. The van der Waals surface area contributed by atoms with Crippen molar-refractivity contribution in [1.82, 2.24) is 30.2 Å². The number of aromatic amines is 1. The minimum atomic E-state index is -0.0784. The highest BCUT2D eigenvalue weighted by Gasteiger charge is 2.29. The number of likely N-dealkylation sites (tertiary alicyclic amines) is 1. The average molecular weight is 302 g/mol. The molecule has 0 aromatic carbocycles. The maximum absolute atomic E-state index is 11.9. The minimum Gasteiger partial charge on any atom is -0.355 e. The smallest absolute Gasteiger partial charge is 0.254 e. The van der Waals surface area contributed by atoms with Crippen LogP contribution in [0.5, 0.6) is 0 Å². The summed E-state index contributed by atoms with van der Waals surface area (Å²) in [5.74, 6) is 0.247. The van der Waals surface area contributed by atoms with E-state index in [1.165, 1.54) is 5.56 Å². The number of nitrogens with one attached hydrogen (secondary N) is 2. The predicted molar refractivity (Wildman–Crippen MR) is 82.6 cm³/mol. The quantitative estimate of drug-likeness (QED) is 0.875. The highest BCUT2D eigenvalue weighted by Crippen LogP contribution is 2.29. The first kappa shape index (κ1) is 14.8. The van der Waals surface area contributed by atoms with Crippen LogP contribution in [-0.4, -0.2) is 50.9 Å². The number of carbonyl (C=O) groups is 1. The molecule has 1 saturated heterocycles. The van der Waals surface area contributed by atoms with Crippen molar-refractivity contribution in [1.29, 1.82) is 0 Å². The van der Waals surface area contributed by atoms with E-state index in [1.54, 1.807) is 13.2 Å². The lowest BCUT2D eigenvalue weighted by molar-refractivity contribution is 0.0961. The summed E-state index contributed by atoms with van der Waals surface area (Å²) in [5.41, 5.74) is 3.95. The number of carbonyl (C=O) groups excluding carboxylic acids is 1. The third kappa shape index (κ3) is 2.76. The zero-order valence-corrected chi connectivity index (χ0v) is 13.3. The lowest BCUT2D eigenvalue weighted by atomic mass is 10.0. The Morgan fingerprint density at radius 2 is 2.36 bits per heavy atom. The standard InChI is InChI=1S/C15H22N6O/c1-10-12(7-20(3)19-10)9-21-5-4-11(8-21)14-13(6-17-18-14)15(22)16-2/h6-7,11H,4-5,8-9H2,1-3H3,(H,16,22)(H,17,18)/t11-/m0/s1. The lowest BCUT2D eigenvalue weighted by Gasteiger charge is -2.15. The second-order valence-corrected chi connectivity index (χ2v) is 5.91. The van der Waals surface area contributed by atoms with E-state index in [9.17, 15) is 4.79 Å². The Morgan fingerprint density at radius 3 is 3.05 bits per heavy atom. The van der Waals surface area contributed by atoms with Gasteiger partial charge in [-0.15, -0.1) is 0 Å². The number of amides is 1. The van der Waals surface area contributed by atoms with Crippen LogP contribution in [0.2, 0.25) is 0 Å². The van der Waals surface area contributed by atoms with Gasteiger partial charge in [-0.05, 0) is 19.9 Å². The van der Waals surface area contributed by atoms with Gasteiger partial charge < -0.3 is 5.32 Å². The molecule has 3 rings (SSSR count). The van der Waals surface area contributed by atoms with E-state index in [-0.39, 0.29) is 5.91 Å². The monoisotopic (exact) mass is 302 g/mol. The zero-order chi connectivity index (χ0) is 15.7. The fourth-order valence-electron chi connectivity index (χ4n) is 3.18. The van der Waals surface area contributed by atoms with Gasteiger partial charge in [-0.25, -0.2) is 0 Å². The summed E-state index contributed by atoms with van der Waals surface area (Å²) in [4.78, 5) is 14.3. The van der Waals surface area contributed by atoms with E-state index in [0.29, 0.717) is 11.5 Å². The molecule has 1 atom stereocenters. The van der Waals surface area contributed by atoms with Crippen molar-refractivity contribution in [3.05, 3.63) is 34.9 Å². The fourth-order valence-corrected chi connectivity index (χ4v) is 3.18. The lowest BCUT2D eigenvalue weighted by Crippen LogP contribution is -2.22. The summed E-state index contributed by atoms with van der Waals surface area (Å²) in [6, 6.07) is 0. The molecule has 1 fully saturated rings. The second kappa shape index (κ2) is 5.92. The number of aromatic nitrogens is 4. The molecule has 22 heavy (non-hydrogen) atoms. The van der Waals surface area contributed by atoms with Crippen LogP contribution in [0.15, 0.2) is 12.4 Å². The number of hydrogen-bond donors (Lipinski definition) is 2. The molecule has 1 amide bonds. The molecular formula is C15H22N6O. The van der Waals surface area contributed by atoms with Crippen LogP contribution in [0, 0.1) is 6.92 Å². The summed E-state index contributed by atoms with van der Waals surface area (Å²) >= 11 is 0. The van der Waals surface area contributed by atoms with Gasteiger partial charge in [0.1, 0.15) is 0 Å².